The molecular formula is C24H41IN4O3. The van der Waals surface area contributed by atoms with Crippen LogP contribution in [0.2, 0.25) is 0 Å². The number of amides is 1. The average Bonchev–Trinajstić information content (AvgIpc) is 2.82. The molecule has 182 valence electrons. The van der Waals surface area contributed by atoms with E-state index in [2.05, 4.69) is 22.5 Å². The normalized spacial score (nSPS) is 14.1. The lowest BCUT2D eigenvalue weighted by molar-refractivity contribution is 0.0487. The fourth-order valence-electron chi connectivity index (χ4n) is 3.35. The van der Waals surface area contributed by atoms with Crippen LogP contribution in [0, 0.1) is 0 Å². The highest BCUT2D eigenvalue weighted by Gasteiger charge is 2.17. The number of hydrogen-bond donors (Lipinski definition) is 2. The maximum Gasteiger partial charge on any atom is 0.253 e. The predicted octanol–water partition coefficient (Wildman–Crippen LogP) is 3.82. The summed E-state index contributed by atoms with van der Waals surface area (Å²) in [5, 5.41) is 6.54. The standard InChI is InChI=1S/C24H40N4O3.HI/c1-3-5-16-30-18-19-31-17-13-26-24(25-4-2)27-20-21-9-11-22(12-10-21)23(29)28-14-7-6-8-15-28;/h9-12H,3-8,13-20H2,1-2H3,(H2,25,26,27);1H. The van der Waals surface area contributed by atoms with Gasteiger partial charge in [0.2, 0.25) is 0 Å². The van der Waals surface area contributed by atoms with Gasteiger partial charge in [-0.2, -0.15) is 0 Å². The van der Waals surface area contributed by atoms with Crippen LogP contribution in [0.15, 0.2) is 29.3 Å². The number of nitrogens with zero attached hydrogens (tertiary/aromatic N) is 2. The molecule has 1 heterocycles. The summed E-state index contributed by atoms with van der Waals surface area (Å²) >= 11 is 0. The third-order valence-corrected chi connectivity index (χ3v) is 5.16. The highest BCUT2D eigenvalue weighted by molar-refractivity contribution is 14.0. The first kappa shape index (κ1) is 28.6. The van der Waals surface area contributed by atoms with Gasteiger partial charge in [0.25, 0.3) is 5.91 Å². The highest BCUT2D eigenvalue weighted by atomic mass is 127. The molecule has 0 unspecified atom stereocenters. The lowest BCUT2D eigenvalue weighted by Gasteiger charge is -2.26. The van der Waals surface area contributed by atoms with Gasteiger partial charge in [0.05, 0.1) is 26.4 Å². The van der Waals surface area contributed by atoms with E-state index in [4.69, 9.17) is 9.47 Å². The zero-order chi connectivity index (χ0) is 22.2. The molecule has 1 fully saturated rings. The highest BCUT2D eigenvalue weighted by Crippen LogP contribution is 2.14. The zero-order valence-electron chi connectivity index (χ0n) is 19.7. The van der Waals surface area contributed by atoms with Gasteiger partial charge >= 0.3 is 0 Å². The van der Waals surface area contributed by atoms with Gasteiger partial charge in [-0.3, -0.25) is 4.79 Å². The van der Waals surface area contributed by atoms with Gasteiger partial charge in [0.15, 0.2) is 5.96 Å². The van der Waals surface area contributed by atoms with Crippen molar-refractivity contribution in [2.24, 2.45) is 4.99 Å². The van der Waals surface area contributed by atoms with Crippen LogP contribution in [0.5, 0.6) is 0 Å². The molecular weight excluding hydrogens is 519 g/mol. The number of aliphatic imine (C=N–C) groups is 1. The van der Waals surface area contributed by atoms with Crippen molar-refractivity contribution in [2.45, 2.75) is 52.5 Å². The van der Waals surface area contributed by atoms with Crippen LogP contribution in [0.4, 0.5) is 0 Å². The Morgan fingerprint density at radius 3 is 2.31 bits per heavy atom. The number of guanidine groups is 1. The quantitative estimate of drug-likeness (QED) is 0.166. The van der Waals surface area contributed by atoms with Crippen LogP contribution in [-0.2, 0) is 16.0 Å². The topological polar surface area (TPSA) is 75.2 Å². The number of carbonyl (C=O) groups is 1. The van der Waals surface area contributed by atoms with Crippen molar-refractivity contribution >= 4 is 35.8 Å². The predicted molar refractivity (Wildman–Crippen MR) is 141 cm³/mol. The molecule has 32 heavy (non-hydrogen) atoms. The SMILES string of the molecule is CCCCOCCOCCNC(=NCc1ccc(C(=O)N2CCCCC2)cc1)NCC.I. The van der Waals surface area contributed by atoms with E-state index in [1.54, 1.807) is 0 Å². The number of carbonyl (C=O) groups excluding carboxylic acids is 1. The molecule has 2 N–H and O–H groups in total. The van der Waals surface area contributed by atoms with Crippen LogP contribution in [-0.4, -0.2) is 69.4 Å². The first-order chi connectivity index (χ1) is 15.2. The molecule has 7 nitrogen and oxygen atoms in total. The molecule has 0 radical (unpaired) electrons. The van der Waals surface area contributed by atoms with E-state index in [-0.39, 0.29) is 29.9 Å². The number of rotatable bonds is 13. The van der Waals surface area contributed by atoms with Crippen molar-refractivity contribution in [3.05, 3.63) is 35.4 Å². The summed E-state index contributed by atoms with van der Waals surface area (Å²) in [5.41, 5.74) is 1.84. The minimum atomic E-state index is 0. The second kappa shape index (κ2) is 18.1. The maximum atomic E-state index is 12.6. The van der Waals surface area contributed by atoms with E-state index < -0.39 is 0 Å². The summed E-state index contributed by atoms with van der Waals surface area (Å²) in [4.78, 5) is 19.2. The fourth-order valence-corrected chi connectivity index (χ4v) is 3.35. The summed E-state index contributed by atoms with van der Waals surface area (Å²) < 4.78 is 11.1. The minimum absolute atomic E-state index is 0. The van der Waals surface area contributed by atoms with E-state index in [1.807, 2.05) is 36.1 Å². The van der Waals surface area contributed by atoms with E-state index >= 15 is 0 Å². The molecule has 1 aliphatic heterocycles. The van der Waals surface area contributed by atoms with Crippen molar-refractivity contribution in [3.8, 4) is 0 Å². The van der Waals surface area contributed by atoms with Crippen molar-refractivity contribution < 1.29 is 14.3 Å². The lowest BCUT2D eigenvalue weighted by atomic mass is 10.1. The van der Waals surface area contributed by atoms with Gasteiger partial charge in [-0.05, 0) is 50.3 Å². The van der Waals surface area contributed by atoms with Crippen molar-refractivity contribution in [3.63, 3.8) is 0 Å². The molecule has 1 aromatic rings. The van der Waals surface area contributed by atoms with Crippen molar-refractivity contribution in [1.82, 2.24) is 15.5 Å². The van der Waals surface area contributed by atoms with Gasteiger partial charge in [0, 0.05) is 38.3 Å². The molecule has 1 aromatic carbocycles. The Balaban J connectivity index is 0.00000512. The van der Waals surface area contributed by atoms with Crippen LogP contribution < -0.4 is 10.6 Å². The van der Waals surface area contributed by atoms with Crippen molar-refractivity contribution in [2.75, 3.05) is 52.6 Å². The Kier molecular flexibility index (Phi) is 16.2. The third kappa shape index (κ3) is 11.5. The van der Waals surface area contributed by atoms with Crippen LogP contribution in [0.1, 0.15) is 61.9 Å². The van der Waals surface area contributed by atoms with Gasteiger partial charge in [-0.15, -0.1) is 24.0 Å². The number of unbranched alkanes of at least 4 members (excludes halogenated alkanes) is 1. The number of benzene rings is 1. The monoisotopic (exact) mass is 560 g/mol. The number of ether oxygens (including phenoxy) is 2. The Hall–Kier alpha value is -1.39. The minimum Gasteiger partial charge on any atom is -0.379 e. The Bertz CT molecular complexity index is 649. The van der Waals surface area contributed by atoms with Crippen LogP contribution in [0.3, 0.4) is 0 Å². The summed E-state index contributed by atoms with van der Waals surface area (Å²) in [7, 11) is 0. The van der Waals surface area contributed by atoms with Crippen LogP contribution in [0.25, 0.3) is 0 Å². The Morgan fingerprint density at radius 1 is 0.969 bits per heavy atom. The zero-order valence-corrected chi connectivity index (χ0v) is 22.1. The second-order valence-electron chi connectivity index (χ2n) is 7.75. The Morgan fingerprint density at radius 2 is 1.66 bits per heavy atom. The average molecular weight is 561 g/mol. The number of hydrogen-bond acceptors (Lipinski definition) is 4. The number of piperidine rings is 1. The van der Waals surface area contributed by atoms with E-state index in [0.717, 1.165) is 69.0 Å². The molecule has 8 heteroatoms. The molecule has 1 aliphatic rings. The van der Waals surface area contributed by atoms with Gasteiger partial charge in [-0.25, -0.2) is 4.99 Å². The number of nitrogens with one attached hydrogen (secondary N) is 2. The lowest BCUT2D eigenvalue weighted by Crippen LogP contribution is -2.39. The van der Waals surface area contributed by atoms with E-state index in [9.17, 15) is 4.79 Å². The molecule has 0 saturated carbocycles. The molecule has 2 rings (SSSR count). The maximum absolute atomic E-state index is 12.6. The van der Waals surface area contributed by atoms with Crippen LogP contribution >= 0.6 is 24.0 Å². The number of likely N-dealkylation sites (tertiary alicyclic amines) is 1. The summed E-state index contributed by atoms with van der Waals surface area (Å²) in [6, 6.07) is 7.81. The smallest absolute Gasteiger partial charge is 0.253 e. The molecule has 0 aromatic heterocycles. The second-order valence-corrected chi connectivity index (χ2v) is 7.75. The fraction of sp³-hybridized carbons (Fsp3) is 0.667. The Labute approximate surface area is 210 Å². The summed E-state index contributed by atoms with van der Waals surface area (Å²) in [6.07, 6.45) is 5.69. The summed E-state index contributed by atoms with van der Waals surface area (Å²) in [5.74, 6) is 0.902. The largest absolute Gasteiger partial charge is 0.379 e. The van der Waals surface area contributed by atoms with Gasteiger partial charge in [-0.1, -0.05) is 25.5 Å². The molecule has 0 spiro atoms. The first-order valence-electron chi connectivity index (χ1n) is 11.8. The van der Waals surface area contributed by atoms with E-state index in [0.29, 0.717) is 32.9 Å². The van der Waals surface area contributed by atoms with Gasteiger partial charge in [0.1, 0.15) is 0 Å². The van der Waals surface area contributed by atoms with Crippen molar-refractivity contribution in [1.29, 1.82) is 0 Å². The molecule has 0 aliphatic carbocycles. The number of halogens is 1. The molecule has 0 atom stereocenters. The molecule has 1 amide bonds. The van der Waals surface area contributed by atoms with E-state index in [1.165, 1.54) is 6.42 Å². The van der Waals surface area contributed by atoms with Gasteiger partial charge < -0.3 is 25.0 Å². The first-order valence-corrected chi connectivity index (χ1v) is 11.8. The third-order valence-electron chi connectivity index (χ3n) is 5.16. The summed E-state index contributed by atoms with van der Waals surface area (Å²) in [6.45, 7) is 10.6. The molecule has 0 bridgehead atoms. The molecule has 1 saturated heterocycles.